The maximum Gasteiger partial charge on any atom is 0.224 e. The highest BCUT2D eigenvalue weighted by Crippen LogP contribution is 2.30. The largest absolute Gasteiger partial charge is 0.497 e. The van der Waals surface area contributed by atoms with E-state index in [0.29, 0.717) is 30.0 Å². The van der Waals surface area contributed by atoms with Crippen molar-refractivity contribution in [1.82, 2.24) is 4.98 Å². The van der Waals surface area contributed by atoms with Crippen molar-refractivity contribution < 1.29 is 19.0 Å². The van der Waals surface area contributed by atoms with Crippen molar-refractivity contribution in [1.29, 1.82) is 0 Å². The molecule has 1 amide bonds. The van der Waals surface area contributed by atoms with Gasteiger partial charge < -0.3 is 19.5 Å². The van der Waals surface area contributed by atoms with E-state index in [-0.39, 0.29) is 5.91 Å². The van der Waals surface area contributed by atoms with E-state index in [1.54, 1.807) is 50.9 Å². The second-order valence-corrected chi connectivity index (χ2v) is 6.85. The smallest absolute Gasteiger partial charge is 0.224 e. The summed E-state index contributed by atoms with van der Waals surface area (Å²) in [4.78, 5) is 17.0. The zero-order valence-corrected chi connectivity index (χ0v) is 16.8. The van der Waals surface area contributed by atoms with Crippen LogP contribution in [0.1, 0.15) is 12.1 Å². The number of nitrogens with zero attached hydrogens (tertiary/aromatic N) is 1. The number of nitrogens with one attached hydrogen (secondary N) is 1. The van der Waals surface area contributed by atoms with E-state index in [1.807, 2.05) is 29.6 Å². The Morgan fingerprint density at radius 3 is 2.57 bits per heavy atom. The number of hydrogen-bond donors (Lipinski definition) is 1. The minimum Gasteiger partial charge on any atom is -0.497 e. The molecule has 146 valence electrons. The lowest BCUT2D eigenvalue weighted by molar-refractivity contribution is -0.116. The molecule has 1 N–H and O–H groups in total. The molecule has 7 heteroatoms. The van der Waals surface area contributed by atoms with Gasteiger partial charge in [0, 0.05) is 23.4 Å². The summed E-state index contributed by atoms with van der Waals surface area (Å²) < 4.78 is 15.7. The Hall–Kier alpha value is -3.06. The number of aryl methyl sites for hydroxylation is 1. The third kappa shape index (κ3) is 4.80. The van der Waals surface area contributed by atoms with E-state index in [4.69, 9.17) is 14.2 Å². The number of rotatable bonds is 8. The van der Waals surface area contributed by atoms with Crippen LogP contribution in [-0.2, 0) is 11.2 Å². The number of carbonyl (C=O) groups is 1. The number of methoxy groups -OCH3 is 3. The number of ether oxygens (including phenoxy) is 3. The molecule has 1 heterocycles. The van der Waals surface area contributed by atoms with Crippen molar-refractivity contribution in [3.63, 3.8) is 0 Å². The van der Waals surface area contributed by atoms with Gasteiger partial charge >= 0.3 is 0 Å². The van der Waals surface area contributed by atoms with Crippen LogP contribution in [-0.4, -0.2) is 32.2 Å². The highest BCUT2D eigenvalue weighted by atomic mass is 32.1. The average molecular weight is 398 g/mol. The van der Waals surface area contributed by atoms with Crippen LogP contribution in [0.4, 0.5) is 5.69 Å². The molecule has 0 atom stereocenters. The van der Waals surface area contributed by atoms with E-state index < -0.39 is 0 Å². The van der Waals surface area contributed by atoms with Crippen molar-refractivity contribution in [3.05, 3.63) is 53.5 Å². The van der Waals surface area contributed by atoms with Gasteiger partial charge in [-0.1, -0.05) is 12.1 Å². The molecule has 0 aliphatic heterocycles. The molecule has 0 unspecified atom stereocenters. The molecule has 1 aromatic heterocycles. The summed E-state index contributed by atoms with van der Waals surface area (Å²) in [5.41, 5.74) is 2.47. The van der Waals surface area contributed by atoms with Gasteiger partial charge in [-0.3, -0.25) is 4.79 Å². The Morgan fingerprint density at radius 2 is 1.82 bits per heavy atom. The Labute approximate surface area is 168 Å². The van der Waals surface area contributed by atoms with E-state index in [9.17, 15) is 4.79 Å². The van der Waals surface area contributed by atoms with Crippen LogP contribution in [0.15, 0.2) is 47.8 Å². The van der Waals surface area contributed by atoms with Crippen LogP contribution < -0.4 is 19.5 Å². The van der Waals surface area contributed by atoms with Crippen LogP contribution in [0.3, 0.4) is 0 Å². The quantitative estimate of drug-likeness (QED) is 0.609. The maximum absolute atomic E-state index is 12.4. The van der Waals surface area contributed by atoms with Crippen molar-refractivity contribution in [3.8, 4) is 27.8 Å². The summed E-state index contributed by atoms with van der Waals surface area (Å²) in [6.45, 7) is 0. The third-order valence-electron chi connectivity index (χ3n) is 4.16. The summed E-state index contributed by atoms with van der Waals surface area (Å²) in [6, 6.07) is 13.1. The summed E-state index contributed by atoms with van der Waals surface area (Å²) in [7, 11) is 4.78. The Balaban J connectivity index is 1.62. The molecular weight excluding hydrogens is 376 g/mol. The number of anilines is 1. The summed E-state index contributed by atoms with van der Waals surface area (Å²) in [5.74, 6) is 1.92. The Kier molecular flexibility index (Phi) is 6.49. The number of thiazole rings is 1. The molecule has 0 spiro atoms. The fourth-order valence-electron chi connectivity index (χ4n) is 2.68. The molecular formula is C21H22N2O4S. The number of benzene rings is 2. The van der Waals surface area contributed by atoms with Crippen molar-refractivity contribution >= 4 is 22.9 Å². The zero-order chi connectivity index (χ0) is 19.9. The predicted molar refractivity (Wildman–Crippen MR) is 111 cm³/mol. The van der Waals surface area contributed by atoms with Crippen LogP contribution in [0, 0.1) is 0 Å². The van der Waals surface area contributed by atoms with Gasteiger partial charge in [0.15, 0.2) is 0 Å². The number of carbonyl (C=O) groups excluding carboxylic acids is 1. The van der Waals surface area contributed by atoms with Gasteiger partial charge in [0.2, 0.25) is 5.91 Å². The summed E-state index contributed by atoms with van der Waals surface area (Å²) in [5, 5.41) is 5.76. The molecule has 0 aliphatic rings. The first kappa shape index (κ1) is 19.7. The second kappa shape index (κ2) is 9.23. The van der Waals surface area contributed by atoms with Crippen molar-refractivity contribution in [2.75, 3.05) is 26.6 Å². The molecule has 3 rings (SSSR count). The van der Waals surface area contributed by atoms with E-state index in [1.165, 1.54) is 0 Å². The topological polar surface area (TPSA) is 69.7 Å². The normalized spacial score (nSPS) is 10.4. The fraction of sp³-hybridized carbons (Fsp3) is 0.238. The third-order valence-corrected chi connectivity index (χ3v) is 5.10. The predicted octanol–water partition coefficient (Wildman–Crippen LogP) is 4.41. The van der Waals surface area contributed by atoms with E-state index in [0.717, 1.165) is 22.0 Å². The Morgan fingerprint density at radius 1 is 1.04 bits per heavy atom. The second-order valence-electron chi connectivity index (χ2n) is 5.99. The molecule has 2 aromatic carbocycles. The minimum atomic E-state index is -0.109. The van der Waals surface area contributed by atoms with Crippen LogP contribution >= 0.6 is 11.3 Å². The van der Waals surface area contributed by atoms with Gasteiger partial charge in [0.1, 0.15) is 22.3 Å². The highest BCUT2D eigenvalue weighted by Gasteiger charge is 2.11. The lowest BCUT2D eigenvalue weighted by Crippen LogP contribution is -2.13. The standard InChI is InChI=1S/C21H22N2O4S/c1-25-16-6-4-5-14(11-16)21-22-15(13-28-21)7-10-20(24)23-18-12-17(26-2)8-9-19(18)27-3/h4-6,8-9,11-13H,7,10H2,1-3H3,(H,23,24). The van der Waals surface area contributed by atoms with Crippen molar-refractivity contribution in [2.24, 2.45) is 0 Å². The van der Waals surface area contributed by atoms with Gasteiger partial charge in [0.05, 0.1) is 32.7 Å². The number of amides is 1. The van der Waals surface area contributed by atoms with Gasteiger partial charge in [-0.25, -0.2) is 4.98 Å². The molecule has 6 nitrogen and oxygen atoms in total. The Bertz CT molecular complexity index is 955. The zero-order valence-electron chi connectivity index (χ0n) is 16.0. The number of aromatic nitrogens is 1. The van der Waals surface area contributed by atoms with Crippen LogP contribution in [0.25, 0.3) is 10.6 Å². The molecule has 0 bridgehead atoms. The molecule has 0 aliphatic carbocycles. The molecule has 0 saturated carbocycles. The molecule has 28 heavy (non-hydrogen) atoms. The van der Waals surface area contributed by atoms with Crippen molar-refractivity contribution in [2.45, 2.75) is 12.8 Å². The van der Waals surface area contributed by atoms with Gasteiger partial charge in [-0.15, -0.1) is 11.3 Å². The lowest BCUT2D eigenvalue weighted by Gasteiger charge is -2.11. The fourth-order valence-corrected chi connectivity index (χ4v) is 3.53. The molecule has 0 fully saturated rings. The summed E-state index contributed by atoms with van der Waals surface area (Å²) >= 11 is 1.55. The SMILES string of the molecule is COc1cccc(-c2nc(CCC(=O)Nc3cc(OC)ccc3OC)cs2)c1. The van der Waals surface area contributed by atoms with Gasteiger partial charge in [-0.2, -0.15) is 0 Å². The minimum absolute atomic E-state index is 0.109. The average Bonchev–Trinajstić information content (AvgIpc) is 3.21. The summed E-state index contributed by atoms with van der Waals surface area (Å²) in [6.07, 6.45) is 0.875. The lowest BCUT2D eigenvalue weighted by atomic mass is 10.2. The van der Waals surface area contributed by atoms with Gasteiger partial charge in [0.25, 0.3) is 0 Å². The monoisotopic (exact) mass is 398 g/mol. The maximum atomic E-state index is 12.4. The molecule has 3 aromatic rings. The van der Waals surface area contributed by atoms with Gasteiger partial charge in [-0.05, 0) is 30.7 Å². The van der Waals surface area contributed by atoms with E-state index >= 15 is 0 Å². The first-order valence-electron chi connectivity index (χ1n) is 8.73. The first-order valence-corrected chi connectivity index (χ1v) is 9.61. The number of hydrogen-bond acceptors (Lipinski definition) is 6. The first-order chi connectivity index (χ1) is 13.6. The molecule has 0 radical (unpaired) electrons. The van der Waals surface area contributed by atoms with Crippen LogP contribution in [0.2, 0.25) is 0 Å². The van der Waals surface area contributed by atoms with Crippen LogP contribution in [0.5, 0.6) is 17.2 Å². The van der Waals surface area contributed by atoms with E-state index in [2.05, 4.69) is 10.3 Å². The highest BCUT2D eigenvalue weighted by molar-refractivity contribution is 7.13. The molecule has 0 saturated heterocycles.